The Balaban J connectivity index is 2.31. The van der Waals surface area contributed by atoms with Gasteiger partial charge >= 0.3 is 0 Å². The van der Waals surface area contributed by atoms with Crippen molar-refractivity contribution in [2.24, 2.45) is 0 Å². The fourth-order valence-corrected chi connectivity index (χ4v) is 2.73. The molecule has 1 unspecified atom stereocenters. The summed E-state index contributed by atoms with van der Waals surface area (Å²) in [5.41, 5.74) is 2.64. The number of anilines is 1. The van der Waals surface area contributed by atoms with Gasteiger partial charge in [-0.15, -0.1) is 0 Å². The first-order valence-corrected chi connectivity index (χ1v) is 7.19. The maximum absolute atomic E-state index is 9.92. The Kier molecular flexibility index (Phi) is 4.81. The summed E-state index contributed by atoms with van der Waals surface area (Å²) < 4.78 is 0. The van der Waals surface area contributed by atoms with Crippen LogP contribution in [0.3, 0.4) is 0 Å². The molecular formula is C16H22N2O. The van der Waals surface area contributed by atoms with Crippen LogP contribution in [-0.2, 0) is 0 Å². The van der Waals surface area contributed by atoms with E-state index in [4.69, 9.17) is 5.26 Å². The SMILES string of the molecule is CC(O)c1ccc(C#N)cc1N1CCCCCCC1. The highest BCUT2D eigenvalue weighted by molar-refractivity contribution is 5.58. The van der Waals surface area contributed by atoms with Gasteiger partial charge in [-0.2, -0.15) is 5.26 Å². The van der Waals surface area contributed by atoms with Crippen LogP contribution >= 0.6 is 0 Å². The summed E-state index contributed by atoms with van der Waals surface area (Å²) in [4.78, 5) is 2.34. The largest absolute Gasteiger partial charge is 0.389 e. The number of aliphatic hydroxyl groups excluding tert-OH is 1. The smallest absolute Gasteiger partial charge is 0.0992 e. The Morgan fingerprint density at radius 2 is 1.79 bits per heavy atom. The second kappa shape index (κ2) is 6.58. The van der Waals surface area contributed by atoms with Gasteiger partial charge in [-0.05, 0) is 31.9 Å². The highest BCUT2D eigenvalue weighted by Gasteiger charge is 2.16. The quantitative estimate of drug-likeness (QED) is 0.884. The average Bonchev–Trinajstić information content (AvgIpc) is 2.37. The molecule has 0 bridgehead atoms. The van der Waals surface area contributed by atoms with Crippen molar-refractivity contribution < 1.29 is 5.11 Å². The van der Waals surface area contributed by atoms with Crippen LogP contribution in [0.1, 0.15) is 56.3 Å². The maximum atomic E-state index is 9.92. The molecule has 1 heterocycles. The molecule has 0 radical (unpaired) electrons. The third kappa shape index (κ3) is 3.48. The van der Waals surface area contributed by atoms with Gasteiger partial charge in [-0.3, -0.25) is 0 Å². The Labute approximate surface area is 115 Å². The molecular weight excluding hydrogens is 236 g/mol. The minimum absolute atomic E-state index is 0.492. The molecule has 1 fully saturated rings. The lowest BCUT2D eigenvalue weighted by molar-refractivity contribution is 0.199. The molecule has 0 aromatic heterocycles. The van der Waals surface area contributed by atoms with Gasteiger partial charge in [0.05, 0.1) is 17.7 Å². The molecule has 0 saturated carbocycles. The van der Waals surface area contributed by atoms with Crippen molar-refractivity contribution in [3.63, 3.8) is 0 Å². The Morgan fingerprint density at radius 3 is 2.37 bits per heavy atom. The predicted octanol–water partition coefficient (Wildman–Crippen LogP) is 3.38. The van der Waals surface area contributed by atoms with Crippen molar-refractivity contribution in [3.8, 4) is 6.07 Å². The average molecular weight is 258 g/mol. The molecule has 102 valence electrons. The fourth-order valence-electron chi connectivity index (χ4n) is 2.73. The van der Waals surface area contributed by atoms with Gasteiger partial charge in [-0.25, -0.2) is 0 Å². The molecule has 1 aromatic rings. The monoisotopic (exact) mass is 258 g/mol. The van der Waals surface area contributed by atoms with Crippen molar-refractivity contribution in [3.05, 3.63) is 29.3 Å². The molecule has 1 aliphatic rings. The molecule has 3 heteroatoms. The van der Waals surface area contributed by atoms with Crippen molar-refractivity contribution in [2.45, 2.75) is 45.1 Å². The van der Waals surface area contributed by atoms with E-state index in [1.807, 2.05) is 12.1 Å². The zero-order valence-corrected chi connectivity index (χ0v) is 11.6. The molecule has 0 spiro atoms. The third-order valence-corrected chi connectivity index (χ3v) is 3.81. The topological polar surface area (TPSA) is 47.3 Å². The van der Waals surface area contributed by atoms with Crippen LogP contribution in [0.25, 0.3) is 0 Å². The first-order chi connectivity index (χ1) is 9.22. The van der Waals surface area contributed by atoms with Crippen LogP contribution in [0.15, 0.2) is 18.2 Å². The van der Waals surface area contributed by atoms with E-state index in [-0.39, 0.29) is 0 Å². The summed E-state index contributed by atoms with van der Waals surface area (Å²) >= 11 is 0. The van der Waals surface area contributed by atoms with Gasteiger partial charge in [0.25, 0.3) is 0 Å². The molecule has 19 heavy (non-hydrogen) atoms. The van der Waals surface area contributed by atoms with Crippen LogP contribution in [-0.4, -0.2) is 18.2 Å². The van der Waals surface area contributed by atoms with E-state index in [1.165, 1.54) is 32.1 Å². The highest BCUT2D eigenvalue weighted by atomic mass is 16.3. The standard InChI is InChI=1S/C16H22N2O/c1-13(19)15-8-7-14(12-17)11-16(15)18-9-5-3-2-4-6-10-18/h7-8,11,13,19H,2-6,9-10H2,1H3. The van der Waals surface area contributed by atoms with Crippen LogP contribution in [0, 0.1) is 11.3 Å². The van der Waals surface area contributed by atoms with E-state index in [0.717, 1.165) is 24.3 Å². The van der Waals surface area contributed by atoms with Gasteiger partial charge in [0, 0.05) is 24.3 Å². The minimum atomic E-state index is -0.492. The normalized spacial score (nSPS) is 18.3. The summed E-state index contributed by atoms with van der Waals surface area (Å²) in [5, 5.41) is 19.0. The molecule has 2 rings (SSSR count). The Bertz CT molecular complexity index is 454. The Hall–Kier alpha value is -1.53. The number of aliphatic hydroxyl groups is 1. The van der Waals surface area contributed by atoms with Crippen molar-refractivity contribution >= 4 is 5.69 Å². The van der Waals surface area contributed by atoms with Crippen molar-refractivity contribution in [1.82, 2.24) is 0 Å². The number of nitrogens with zero attached hydrogens (tertiary/aromatic N) is 2. The lowest BCUT2D eigenvalue weighted by Gasteiger charge is -2.29. The van der Waals surface area contributed by atoms with Crippen LogP contribution in [0.2, 0.25) is 0 Å². The molecule has 3 nitrogen and oxygen atoms in total. The van der Waals surface area contributed by atoms with E-state index < -0.39 is 6.10 Å². The summed E-state index contributed by atoms with van der Waals surface area (Å²) in [5.74, 6) is 0. The number of nitriles is 1. The third-order valence-electron chi connectivity index (χ3n) is 3.81. The highest BCUT2D eigenvalue weighted by Crippen LogP contribution is 2.29. The molecule has 0 aliphatic carbocycles. The van der Waals surface area contributed by atoms with Crippen LogP contribution < -0.4 is 4.90 Å². The fraction of sp³-hybridized carbons (Fsp3) is 0.562. The summed E-state index contributed by atoms with van der Waals surface area (Å²) in [6.45, 7) is 3.83. The van der Waals surface area contributed by atoms with E-state index in [9.17, 15) is 5.11 Å². The van der Waals surface area contributed by atoms with Crippen molar-refractivity contribution in [1.29, 1.82) is 5.26 Å². The number of hydrogen-bond acceptors (Lipinski definition) is 3. The number of rotatable bonds is 2. The zero-order valence-electron chi connectivity index (χ0n) is 11.6. The van der Waals surface area contributed by atoms with Gasteiger partial charge < -0.3 is 10.0 Å². The number of hydrogen-bond donors (Lipinski definition) is 1. The second-order valence-corrected chi connectivity index (χ2v) is 5.32. The zero-order chi connectivity index (χ0) is 13.7. The van der Waals surface area contributed by atoms with E-state index in [2.05, 4.69) is 11.0 Å². The summed E-state index contributed by atoms with van der Waals surface area (Å²) in [6, 6.07) is 7.79. The van der Waals surface area contributed by atoms with Crippen LogP contribution in [0.5, 0.6) is 0 Å². The second-order valence-electron chi connectivity index (χ2n) is 5.32. The first-order valence-electron chi connectivity index (χ1n) is 7.19. The Morgan fingerprint density at radius 1 is 1.16 bits per heavy atom. The van der Waals surface area contributed by atoms with E-state index >= 15 is 0 Å². The molecule has 1 aromatic carbocycles. The van der Waals surface area contributed by atoms with Crippen LogP contribution in [0.4, 0.5) is 5.69 Å². The lowest BCUT2D eigenvalue weighted by Crippen LogP contribution is -2.28. The van der Waals surface area contributed by atoms with E-state index in [1.54, 1.807) is 13.0 Å². The van der Waals surface area contributed by atoms with Crippen molar-refractivity contribution in [2.75, 3.05) is 18.0 Å². The number of benzene rings is 1. The first kappa shape index (κ1) is 13.9. The van der Waals surface area contributed by atoms with Gasteiger partial charge in [0.15, 0.2) is 0 Å². The molecule has 1 atom stereocenters. The molecule has 1 N–H and O–H groups in total. The minimum Gasteiger partial charge on any atom is -0.389 e. The molecule has 1 saturated heterocycles. The van der Waals surface area contributed by atoms with Gasteiger partial charge in [-0.1, -0.05) is 25.3 Å². The maximum Gasteiger partial charge on any atom is 0.0992 e. The van der Waals surface area contributed by atoms with E-state index in [0.29, 0.717) is 5.56 Å². The molecule has 0 amide bonds. The van der Waals surface area contributed by atoms with Gasteiger partial charge in [0.2, 0.25) is 0 Å². The predicted molar refractivity (Wildman–Crippen MR) is 77.1 cm³/mol. The lowest BCUT2D eigenvalue weighted by atomic mass is 10.0. The summed E-state index contributed by atoms with van der Waals surface area (Å²) in [6.07, 6.45) is 5.77. The molecule has 1 aliphatic heterocycles. The summed E-state index contributed by atoms with van der Waals surface area (Å²) in [7, 11) is 0. The van der Waals surface area contributed by atoms with Gasteiger partial charge in [0.1, 0.15) is 0 Å².